The highest BCUT2D eigenvalue weighted by atomic mass is 79.9. The molecule has 0 aliphatic heterocycles. The van der Waals surface area contributed by atoms with Gasteiger partial charge < -0.3 is 10.1 Å². The molecule has 0 saturated heterocycles. The van der Waals surface area contributed by atoms with E-state index >= 15 is 0 Å². The van der Waals surface area contributed by atoms with E-state index in [1.54, 1.807) is 24.3 Å². The molecular formula is C16H16BrF2NO. The zero-order valence-corrected chi connectivity index (χ0v) is 13.1. The highest BCUT2D eigenvalue weighted by Gasteiger charge is 2.11. The smallest absolute Gasteiger partial charge is 0.387 e. The predicted octanol–water partition coefficient (Wildman–Crippen LogP) is 4.55. The maximum absolute atomic E-state index is 12.1. The molecule has 2 aromatic rings. The first kappa shape index (κ1) is 15.9. The van der Waals surface area contributed by atoms with E-state index in [-0.39, 0.29) is 11.8 Å². The van der Waals surface area contributed by atoms with Crippen molar-refractivity contribution in [2.24, 2.45) is 0 Å². The van der Waals surface area contributed by atoms with Crippen LogP contribution in [0.25, 0.3) is 0 Å². The Morgan fingerprint density at radius 1 is 1.14 bits per heavy atom. The van der Waals surface area contributed by atoms with Gasteiger partial charge in [0.25, 0.3) is 0 Å². The quantitative estimate of drug-likeness (QED) is 0.820. The van der Waals surface area contributed by atoms with E-state index in [0.717, 1.165) is 16.5 Å². The molecule has 0 heterocycles. The lowest BCUT2D eigenvalue weighted by molar-refractivity contribution is -0.0498. The molecule has 5 heteroatoms. The Morgan fingerprint density at radius 2 is 1.86 bits per heavy atom. The van der Waals surface area contributed by atoms with Crippen LogP contribution in [-0.2, 0) is 6.42 Å². The first-order valence-electron chi connectivity index (χ1n) is 6.55. The molecule has 0 fully saturated rings. The SMILES string of the molecule is CNC(Cc1cccc(Br)c1)c1ccc(OC(F)F)cc1. The van der Waals surface area contributed by atoms with Crippen molar-refractivity contribution in [1.82, 2.24) is 5.32 Å². The summed E-state index contributed by atoms with van der Waals surface area (Å²) in [6.07, 6.45) is 0.811. The van der Waals surface area contributed by atoms with Gasteiger partial charge in [-0.15, -0.1) is 0 Å². The Hall–Kier alpha value is -1.46. The van der Waals surface area contributed by atoms with E-state index in [1.807, 2.05) is 19.2 Å². The van der Waals surface area contributed by atoms with E-state index in [4.69, 9.17) is 0 Å². The van der Waals surface area contributed by atoms with Crippen LogP contribution in [0, 0.1) is 0 Å². The molecule has 0 saturated carbocycles. The molecule has 0 spiro atoms. The highest BCUT2D eigenvalue weighted by Crippen LogP contribution is 2.23. The maximum atomic E-state index is 12.1. The molecule has 0 aliphatic rings. The number of halogens is 3. The lowest BCUT2D eigenvalue weighted by Crippen LogP contribution is -2.18. The summed E-state index contributed by atoms with van der Waals surface area (Å²) in [5.41, 5.74) is 2.22. The molecule has 0 amide bonds. The van der Waals surface area contributed by atoms with Crippen molar-refractivity contribution in [3.8, 4) is 5.75 Å². The second-order valence-corrected chi connectivity index (χ2v) is 5.54. The fraction of sp³-hybridized carbons (Fsp3) is 0.250. The number of rotatable bonds is 6. The maximum Gasteiger partial charge on any atom is 0.387 e. The molecule has 21 heavy (non-hydrogen) atoms. The molecule has 0 bridgehead atoms. The number of ether oxygens (including phenoxy) is 1. The van der Waals surface area contributed by atoms with Crippen LogP contribution in [0.2, 0.25) is 0 Å². The van der Waals surface area contributed by atoms with Gasteiger partial charge in [0.05, 0.1) is 0 Å². The lowest BCUT2D eigenvalue weighted by atomic mass is 9.99. The van der Waals surface area contributed by atoms with Gasteiger partial charge in [-0.25, -0.2) is 0 Å². The number of likely N-dealkylation sites (N-methyl/N-ethyl adjacent to an activating group) is 1. The molecule has 2 rings (SSSR count). The Labute approximate surface area is 131 Å². The predicted molar refractivity (Wildman–Crippen MR) is 82.7 cm³/mol. The summed E-state index contributed by atoms with van der Waals surface area (Å²) < 4.78 is 29.7. The fourth-order valence-corrected chi connectivity index (χ4v) is 2.61. The first-order valence-corrected chi connectivity index (χ1v) is 7.34. The van der Waals surface area contributed by atoms with Crippen molar-refractivity contribution < 1.29 is 13.5 Å². The van der Waals surface area contributed by atoms with Gasteiger partial charge in [-0.2, -0.15) is 8.78 Å². The Balaban J connectivity index is 2.10. The van der Waals surface area contributed by atoms with Crippen LogP contribution in [0.15, 0.2) is 53.0 Å². The van der Waals surface area contributed by atoms with Crippen molar-refractivity contribution in [3.63, 3.8) is 0 Å². The van der Waals surface area contributed by atoms with E-state index < -0.39 is 6.61 Å². The third kappa shape index (κ3) is 4.79. The van der Waals surface area contributed by atoms with Crippen LogP contribution < -0.4 is 10.1 Å². The third-order valence-corrected chi connectivity index (χ3v) is 3.68. The van der Waals surface area contributed by atoms with Crippen LogP contribution in [0.4, 0.5) is 8.78 Å². The minimum atomic E-state index is -2.79. The second-order valence-electron chi connectivity index (χ2n) is 4.62. The molecule has 0 radical (unpaired) electrons. The number of nitrogens with one attached hydrogen (secondary N) is 1. The molecule has 2 aromatic carbocycles. The average Bonchev–Trinajstić information content (AvgIpc) is 2.45. The summed E-state index contributed by atoms with van der Waals surface area (Å²) in [6, 6.07) is 14.9. The van der Waals surface area contributed by atoms with Crippen LogP contribution in [0.1, 0.15) is 17.2 Å². The zero-order chi connectivity index (χ0) is 15.2. The van der Waals surface area contributed by atoms with Crippen molar-refractivity contribution in [2.45, 2.75) is 19.1 Å². The molecule has 0 aromatic heterocycles. The number of hydrogen-bond acceptors (Lipinski definition) is 2. The van der Waals surface area contributed by atoms with E-state index in [1.165, 1.54) is 5.56 Å². The molecule has 1 N–H and O–H groups in total. The van der Waals surface area contributed by atoms with E-state index in [2.05, 4.69) is 38.1 Å². The second kappa shape index (κ2) is 7.52. The monoisotopic (exact) mass is 355 g/mol. The summed E-state index contributed by atoms with van der Waals surface area (Å²) >= 11 is 3.45. The van der Waals surface area contributed by atoms with Gasteiger partial charge >= 0.3 is 6.61 Å². The van der Waals surface area contributed by atoms with E-state index in [0.29, 0.717) is 0 Å². The van der Waals surface area contributed by atoms with Gasteiger partial charge in [0, 0.05) is 10.5 Å². The average molecular weight is 356 g/mol. The molecular weight excluding hydrogens is 340 g/mol. The molecule has 1 unspecified atom stereocenters. The van der Waals surface area contributed by atoms with Crippen molar-refractivity contribution in [3.05, 3.63) is 64.1 Å². The Kier molecular flexibility index (Phi) is 5.70. The lowest BCUT2D eigenvalue weighted by Gasteiger charge is -2.17. The van der Waals surface area contributed by atoms with Crippen LogP contribution >= 0.6 is 15.9 Å². The molecule has 112 valence electrons. The summed E-state index contributed by atoms with van der Waals surface area (Å²) in [4.78, 5) is 0. The summed E-state index contributed by atoms with van der Waals surface area (Å²) in [5.74, 6) is 0.172. The molecule has 2 nitrogen and oxygen atoms in total. The van der Waals surface area contributed by atoms with Crippen molar-refractivity contribution in [2.75, 3.05) is 7.05 Å². The Bertz CT molecular complexity index is 575. The van der Waals surface area contributed by atoms with Gasteiger partial charge in [-0.3, -0.25) is 0 Å². The van der Waals surface area contributed by atoms with Crippen molar-refractivity contribution >= 4 is 15.9 Å². The minimum absolute atomic E-state index is 0.111. The first-order chi connectivity index (χ1) is 10.1. The Morgan fingerprint density at radius 3 is 2.43 bits per heavy atom. The summed E-state index contributed by atoms with van der Waals surface area (Å²) in [5, 5.41) is 3.24. The van der Waals surface area contributed by atoms with Crippen LogP contribution in [0.5, 0.6) is 5.75 Å². The van der Waals surface area contributed by atoms with Gasteiger partial charge in [-0.05, 0) is 48.9 Å². The number of benzene rings is 2. The highest BCUT2D eigenvalue weighted by molar-refractivity contribution is 9.10. The number of alkyl halides is 2. The molecule has 0 aliphatic carbocycles. The van der Waals surface area contributed by atoms with E-state index in [9.17, 15) is 8.78 Å². The largest absolute Gasteiger partial charge is 0.435 e. The normalized spacial score (nSPS) is 12.4. The zero-order valence-electron chi connectivity index (χ0n) is 11.5. The summed E-state index contributed by atoms with van der Waals surface area (Å²) in [7, 11) is 1.88. The minimum Gasteiger partial charge on any atom is -0.435 e. The van der Waals surface area contributed by atoms with Crippen LogP contribution in [-0.4, -0.2) is 13.7 Å². The molecule has 1 atom stereocenters. The van der Waals surface area contributed by atoms with Crippen LogP contribution in [0.3, 0.4) is 0 Å². The topological polar surface area (TPSA) is 21.3 Å². The van der Waals surface area contributed by atoms with Gasteiger partial charge in [0.15, 0.2) is 0 Å². The van der Waals surface area contributed by atoms with Gasteiger partial charge in [0.1, 0.15) is 5.75 Å². The third-order valence-electron chi connectivity index (χ3n) is 3.18. The summed E-state index contributed by atoms with van der Waals surface area (Å²) in [6.45, 7) is -2.79. The fourth-order valence-electron chi connectivity index (χ4n) is 2.17. The van der Waals surface area contributed by atoms with Gasteiger partial charge in [0.2, 0.25) is 0 Å². The van der Waals surface area contributed by atoms with Crippen molar-refractivity contribution in [1.29, 1.82) is 0 Å². The van der Waals surface area contributed by atoms with Gasteiger partial charge in [-0.1, -0.05) is 40.2 Å². The standard InChI is InChI=1S/C16H16BrF2NO/c1-20-15(10-11-3-2-4-13(17)9-11)12-5-7-14(8-6-12)21-16(18)19/h2-9,15-16,20H,10H2,1H3. The number of hydrogen-bond donors (Lipinski definition) is 1.